The van der Waals surface area contributed by atoms with Crippen LogP contribution in [0.15, 0.2) is 150 Å². The van der Waals surface area contributed by atoms with E-state index in [0.29, 0.717) is 22.6 Å². The maximum atomic E-state index is 11.1. The van der Waals surface area contributed by atoms with Crippen LogP contribution in [-0.4, -0.2) is 15.1 Å². The summed E-state index contributed by atoms with van der Waals surface area (Å²) in [6.07, 6.45) is 1.91. The molecule has 0 fully saturated rings. The van der Waals surface area contributed by atoms with Crippen molar-refractivity contribution in [3.8, 4) is 61.7 Å². The minimum Gasteiger partial charge on any atom is -0.507 e. The number of hydrogen-bond donors (Lipinski definition) is 1. The summed E-state index contributed by atoms with van der Waals surface area (Å²) in [4.78, 5) is 10.1. The van der Waals surface area contributed by atoms with Crippen molar-refractivity contribution in [1.29, 1.82) is 0 Å². The van der Waals surface area contributed by atoms with Gasteiger partial charge in [-0.3, -0.25) is 4.98 Å². The molecule has 4 nitrogen and oxygen atoms in total. The Morgan fingerprint density at radius 1 is 0.526 bits per heavy atom. The molecular weight excluding hydrogens is 880 g/mol. The van der Waals surface area contributed by atoms with Crippen LogP contribution in [0.5, 0.6) is 5.75 Å². The first-order chi connectivity index (χ1) is 26.9. The van der Waals surface area contributed by atoms with Crippen molar-refractivity contribution in [2.24, 2.45) is 0 Å². The average molecular weight is 923 g/mol. The van der Waals surface area contributed by atoms with Gasteiger partial charge < -0.3 is 9.52 Å². The van der Waals surface area contributed by atoms with E-state index in [1.54, 1.807) is 6.07 Å². The van der Waals surface area contributed by atoms with Crippen LogP contribution in [-0.2, 0) is 31.9 Å². The quantitative estimate of drug-likeness (QED) is 0.175. The number of oxazole rings is 1. The van der Waals surface area contributed by atoms with Gasteiger partial charge in [-0.25, -0.2) is 4.98 Å². The molecule has 5 heteroatoms. The second-order valence-corrected chi connectivity index (χ2v) is 16.8. The molecule has 0 aliphatic heterocycles. The molecule has 0 unspecified atom stereocenters. The molecule has 0 radical (unpaired) electrons. The fourth-order valence-corrected chi connectivity index (χ4v) is 7.70. The maximum absolute atomic E-state index is 11.1. The molecule has 0 amide bonds. The minimum atomic E-state index is -0.123. The smallest absolute Gasteiger partial charge is 0.230 e. The van der Waals surface area contributed by atoms with Crippen LogP contribution in [0.2, 0.25) is 0 Å². The van der Waals surface area contributed by atoms with Gasteiger partial charge in [-0.05, 0) is 85.3 Å². The van der Waals surface area contributed by atoms with Gasteiger partial charge in [0.1, 0.15) is 11.3 Å². The number of pyridine rings is 1. The largest absolute Gasteiger partial charge is 0.507 e. The first-order valence-electron chi connectivity index (χ1n) is 19.2. The molecule has 2 heterocycles. The van der Waals surface area contributed by atoms with Gasteiger partial charge in [0.05, 0.1) is 11.1 Å². The van der Waals surface area contributed by atoms with Gasteiger partial charge in [0.15, 0.2) is 0 Å². The molecule has 7 aromatic carbocycles. The van der Waals surface area contributed by atoms with Crippen LogP contribution in [0.3, 0.4) is 0 Å². The van der Waals surface area contributed by atoms with Gasteiger partial charge in [0.2, 0.25) is 5.89 Å². The molecule has 0 aliphatic rings. The number of nitrogens with zero attached hydrogens (tertiary/aromatic N) is 2. The van der Waals surface area contributed by atoms with Gasteiger partial charge in [-0.1, -0.05) is 144 Å². The molecule has 1 N–H and O–H groups in total. The zero-order chi connectivity index (χ0) is 38.8. The average Bonchev–Trinajstić information content (AvgIpc) is 3.63. The van der Waals surface area contributed by atoms with Gasteiger partial charge in [-0.15, -0.1) is 35.4 Å². The van der Waals surface area contributed by atoms with Crippen LogP contribution in [0, 0.1) is 6.07 Å². The van der Waals surface area contributed by atoms with Crippen molar-refractivity contribution >= 4 is 32.8 Å². The second kappa shape index (κ2) is 14.6. The fraction of sp³-hybridized carbons (Fsp3) is 0.154. The number of aromatic hydroxyl groups is 1. The second-order valence-electron chi connectivity index (χ2n) is 16.8. The van der Waals surface area contributed by atoms with E-state index in [4.69, 9.17) is 14.4 Å². The predicted molar refractivity (Wildman–Crippen MR) is 232 cm³/mol. The van der Waals surface area contributed by atoms with E-state index in [1.165, 1.54) is 5.56 Å². The van der Waals surface area contributed by atoms with Crippen molar-refractivity contribution in [3.05, 3.63) is 163 Å². The molecule has 0 bridgehead atoms. The molecule has 9 rings (SSSR count). The zero-order valence-corrected chi connectivity index (χ0v) is 35.2. The molecule has 0 saturated heterocycles. The number of phenolic OH excluding ortho intramolecular Hbond substituents is 1. The van der Waals surface area contributed by atoms with Crippen molar-refractivity contribution < 1.29 is 30.6 Å². The van der Waals surface area contributed by atoms with Crippen molar-refractivity contribution in [2.75, 3.05) is 0 Å². The van der Waals surface area contributed by atoms with Gasteiger partial charge in [-0.2, -0.15) is 0 Å². The van der Waals surface area contributed by atoms with E-state index in [1.807, 2.05) is 18.3 Å². The summed E-state index contributed by atoms with van der Waals surface area (Å²) >= 11 is 0. The van der Waals surface area contributed by atoms with Gasteiger partial charge in [0.25, 0.3) is 0 Å². The molecule has 0 spiro atoms. The van der Waals surface area contributed by atoms with Crippen LogP contribution < -0.4 is 0 Å². The molecule has 2 aromatic heterocycles. The Kier molecular flexibility index (Phi) is 9.74. The van der Waals surface area contributed by atoms with Crippen molar-refractivity contribution in [2.45, 2.75) is 52.4 Å². The topological polar surface area (TPSA) is 59.2 Å². The summed E-state index contributed by atoms with van der Waals surface area (Å²) in [6, 6.07) is 52.2. The molecule has 0 saturated carbocycles. The number of hydrogen-bond acceptors (Lipinski definition) is 4. The number of benzene rings is 7. The Bertz CT molecular complexity index is 2940. The Labute approximate surface area is 348 Å². The third kappa shape index (κ3) is 7.09. The number of aromatic nitrogens is 2. The molecular formula is C52H43N2O2Pt-. The Morgan fingerprint density at radius 3 is 1.93 bits per heavy atom. The maximum Gasteiger partial charge on any atom is 0.230 e. The SMILES string of the molecule is CC(C)(C)c1ccc(O)c(-c2nc3c(-c4[c-]c(-c5cc(C(C)(C)C)cc6c(-c7ccccc7)ccnc56)ccc4)cc(-c4cccc5ccccc45)cc3o2)c1.[Pt]. The normalized spacial score (nSPS) is 12.0. The minimum absolute atomic E-state index is 0. The van der Waals surface area contributed by atoms with E-state index in [2.05, 4.69) is 169 Å². The Balaban J connectivity index is 0.00000455. The fourth-order valence-electron chi connectivity index (χ4n) is 7.70. The summed E-state index contributed by atoms with van der Waals surface area (Å²) in [5.74, 6) is 0.500. The predicted octanol–water partition coefficient (Wildman–Crippen LogP) is 14.0. The van der Waals surface area contributed by atoms with Crippen LogP contribution in [0.4, 0.5) is 0 Å². The summed E-state index contributed by atoms with van der Waals surface area (Å²) in [5.41, 5.74) is 13.1. The third-order valence-electron chi connectivity index (χ3n) is 10.9. The molecule has 0 aliphatic carbocycles. The van der Waals surface area contributed by atoms with Crippen LogP contribution in [0.25, 0.3) is 88.7 Å². The van der Waals surface area contributed by atoms with E-state index >= 15 is 0 Å². The Hall–Kier alpha value is -5.83. The van der Waals surface area contributed by atoms with E-state index in [9.17, 15) is 5.11 Å². The number of phenols is 1. The third-order valence-corrected chi connectivity index (χ3v) is 10.9. The molecule has 57 heavy (non-hydrogen) atoms. The monoisotopic (exact) mass is 922 g/mol. The summed E-state index contributed by atoms with van der Waals surface area (Å²) in [7, 11) is 0. The van der Waals surface area contributed by atoms with Gasteiger partial charge >= 0.3 is 0 Å². The number of rotatable bonds is 5. The van der Waals surface area contributed by atoms with Crippen LogP contribution >= 0.6 is 0 Å². The molecule has 9 aromatic rings. The molecule has 284 valence electrons. The van der Waals surface area contributed by atoms with Gasteiger partial charge in [0, 0.05) is 38.2 Å². The van der Waals surface area contributed by atoms with Crippen molar-refractivity contribution in [1.82, 2.24) is 9.97 Å². The van der Waals surface area contributed by atoms with Crippen LogP contribution in [0.1, 0.15) is 52.7 Å². The summed E-state index contributed by atoms with van der Waals surface area (Å²) < 4.78 is 6.62. The van der Waals surface area contributed by atoms with Crippen molar-refractivity contribution in [3.63, 3.8) is 0 Å². The Morgan fingerprint density at radius 2 is 1.18 bits per heavy atom. The summed E-state index contributed by atoms with van der Waals surface area (Å²) in [6.45, 7) is 13.2. The number of fused-ring (bicyclic) bond motifs is 3. The van der Waals surface area contributed by atoms with E-state index in [0.717, 1.165) is 71.7 Å². The molecule has 0 atom stereocenters. The summed E-state index contributed by atoms with van der Waals surface area (Å²) in [5, 5.41) is 14.5. The first kappa shape index (κ1) is 38.1. The van der Waals surface area contributed by atoms with E-state index in [-0.39, 0.29) is 37.6 Å². The first-order valence-corrected chi connectivity index (χ1v) is 19.2. The van der Waals surface area contributed by atoms with E-state index < -0.39 is 0 Å². The standard InChI is InChI=1S/C52H43N2O2.Pt/c1-51(2,3)37-22-23-46(55)45(29-37)50-54-49-42(27-36(28-47(49)56-50)40-21-13-17-33-16-10-11-20-39(33)40)34-18-12-19-35(26-34)43-30-38(52(4,5)6)31-44-41(24-25-53-48(43)44)32-14-8-7-9-15-32;/h7-25,27-31,55H,1-6H3;/q-1;. The zero-order valence-electron chi connectivity index (χ0n) is 32.9.